The van der Waals surface area contributed by atoms with Gasteiger partial charge in [-0.15, -0.1) is 0 Å². The molecule has 0 N–H and O–H groups in total. The minimum atomic E-state index is -0.525. The fourth-order valence-electron chi connectivity index (χ4n) is 1.35. The minimum absolute atomic E-state index is 0.155. The van der Waals surface area contributed by atoms with Gasteiger partial charge in [0.2, 0.25) is 0 Å². The first-order valence-corrected chi connectivity index (χ1v) is 5.97. The molecular formula is C13H10BrNO3. The van der Waals surface area contributed by atoms with Gasteiger partial charge < -0.3 is 9.47 Å². The van der Waals surface area contributed by atoms with Crippen LogP contribution >= 0.6 is 15.9 Å². The van der Waals surface area contributed by atoms with Crippen LogP contribution in [0.5, 0.6) is 11.5 Å². The number of benzene rings is 1. The third-order valence-electron chi connectivity index (χ3n) is 2.19. The van der Waals surface area contributed by atoms with Crippen molar-refractivity contribution in [3.8, 4) is 11.5 Å². The smallest absolute Gasteiger partial charge is 0.360 e. The second-order valence-electron chi connectivity index (χ2n) is 3.40. The summed E-state index contributed by atoms with van der Waals surface area (Å²) in [5.41, 5.74) is 0.155. The number of rotatable bonds is 3. The maximum Gasteiger partial charge on any atom is 0.360 e. The van der Waals surface area contributed by atoms with Gasteiger partial charge in [-0.3, -0.25) is 0 Å². The third-order valence-corrected chi connectivity index (χ3v) is 2.72. The van der Waals surface area contributed by atoms with Gasteiger partial charge in [0.25, 0.3) is 0 Å². The average molecular weight is 308 g/mol. The molecule has 1 aromatic heterocycles. The van der Waals surface area contributed by atoms with Gasteiger partial charge in [0.1, 0.15) is 5.75 Å². The monoisotopic (exact) mass is 307 g/mol. The van der Waals surface area contributed by atoms with Gasteiger partial charge >= 0.3 is 5.97 Å². The molecule has 0 radical (unpaired) electrons. The predicted octanol–water partition coefficient (Wildman–Crippen LogP) is 3.42. The Morgan fingerprint density at radius 3 is 2.61 bits per heavy atom. The predicted molar refractivity (Wildman–Crippen MR) is 69.8 cm³/mol. The summed E-state index contributed by atoms with van der Waals surface area (Å²) >= 11 is 3.34. The van der Waals surface area contributed by atoms with Crippen LogP contribution in [0, 0.1) is 0 Å². The van der Waals surface area contributed by atoms with Gasteiger partial charge in [-0.1, -0.05) is 15.9 Å². The van der Waals surface area contributed by atoms with Crippen LogP contribution in [0.4, 0.5) is 0 Å². The van der Waals surface area contributed by atoms with E-state index >= 15 is 0 Å². The van der Waals surface area contributed by atoms with E-state index in [2.05, 4.69) is 25.7 Å². The summed E-state index contributed by atoms with van der Waals surface area (Å²) < 4.78 is 11.2. The van der Waals surface area contributed by atoms with Gasteiger partial charge in [-0.05, 0) is 36.4 Å². The van der Waals surface area contributed by atoms with Crippen LogP contribution in [0.2, 0.25) is 0 Å². The molecule has 1 aromatic carbocycles. The molecule has 0 saturated heterocycles. The van der Waals surface area contributed by atoms with E-state index in [1.54, 1.807) is 24.3 Å². The average Bonchev–Trinajstić information content (AvgIpc) is 2.41. The molecule has 4 nitrogen and oxygen atoms in total. The number of pyridine rings is 1. The zero-order valence-corrected chi connectivity index (χ0v) is 11.2. The van der Waals surface area contributed by atoms with E-state index in [9.17, 15) is 4.79 Å². The van der Waals surface area contributed by atoms with Crippen LogP contribution in [-0.4, -0.2) is 18.1 Å². The highest BCUT2D eigenvalue weighted by Crippen LogP contribution is 2.25. The Bertz CT molecular complexity index is 554. The van der Waals surface area contributed by atoms with Crippen molar-refractivity contribution in [2.45, 2.75) is 0 Å². The van der Waals surface area contributed by atoms with Crippen molar-refractivity contribution in [3.05, 3.63) is 52.8 Å². The van der Waals surface area contributed by atoms with Crippen molar-refractivity contribution < 1.29 is 14.3 Å². The number of methoxy groups -OCH3 is 1. The van der Waals surface area contributed by atoms with E-state index in [0.717, 1.165) is 4.47 Å². The van der Waals surface area contributed by atoms with Crippen molar-refractivity contribution in [2.75, 3.05) is 7.11 Å². The quantitative estimate of drug-likeness (QED) is 0.815. The molecule has 0 bridgehead atoms. The summed E-state index contributed by atoms with van der Waals surface area (Å²) in [7, 11) is 1.31. The molecule has 0 aliphatic rings. The second-order valence-corrected chi connectivity index (χ2v) is 4.31. The van der Waals surface area contributed by atoms with Crippen LogP contribution in [0.3, 0.4) is 0 Å². The minimum Gasteiger partial charge on any atom is -0.464 e. The zero-order valence-electron chi connectivity index (χ0n) is 9.59. The van der Waals surface area contributed by atoms with Gasteiger partial charge in [-0.25, -0.2) is 9.78 Å². The summed E-state index contributed by atoms with van der Waals surface area (Å²) in [6.45, 7) is 0. The SMILES string of the molecule is COC(=O)c1ncccc1Oc1ccc(Br)cc1. The van der Waals surface area contributed by atoms with Crippen LogP contribution in [0.1, 0.15) is 10.5 Å². The molecule has 0 spiro atoms. The molecular weight excluding hydrogens is 298 g/mol. The highest BCUT2D eigenvalue weighted by molar-refractivity contribution is 9.10. The molecule has 0 amide bonds. The number of ether oxygens (including phenoxy) is 2. The van der Waals surface area contributed by atoms with Gasteiger partial charge in [0, 0.05) is 10.7 Å². The zero-order chi connectivity index (χ0) is 13.0. The van der Waals surface area contributed by atoms with Crippen molar-refractivity contribution in [2.24, 2.45) is 0 Å². The van der Waals surface area contributed by atoms with Gasteiger partial charge in [-0.2, -0.15) is 0 Å². The Morgan fingerprint density at radius 1 is 1.22 bits per heavy atom. The van der Waals surface area contributed by atoms with Gasteiger partial charge in [0.15, 0.2) is 11.4 Å². The second kappa shape index (κ2) is 5.64. The topological polar surface area (TPSA) is 48.4 Å². The Morgan fingerprint density at radius 2 is 1.94 bits per heavy atom. The lowest BCUT2D eigenvalue weighted by atomic mass is 10.3. The molecule has 2 rings (SSSR count). The normalized spacial score (nSPS) is 9.89. The summed E-state index contributed by atoms with van der Waals surface area (Å²) in [5.74, 6) is 0.464. The summed E-state index contributed by atoms with van der Waals surface area (Å²) in [5, 5.41) is 0. The Labute approximate surface area is 113 Å². The van der Waals surface area contributed by atoms with Crippen LogP contribution in [0.25, 0.3) is 0 Å². The van der Waals surface area contributed by atoms with Crippen molar-refractivity contribution in [1.82, 2.24) is 4.98 Å². The third kappa shape index (κ3) is 2.87. The Balaban J connectivity index is 2.28. The Hall–Kier alpha value is -1.88. The number of esters is 1. The number of nitrogens with zero attached hydrogens (tertiary/aromatic N) is 1. The lowest BCUT2D eigenvalue weighted by Gasteiger charge is -2.08. The van der Waals surface area contributed by atoms with Crippen LogP contribution in [-0.2, 0) is 4.74 Å². The first-order chi connectivity index (χ1) is 8.70. The molecule has 0 aliphatic carbocycles. The molecule has 5 heteroatoms. The van der Waals surface area contributed by atoms with E-state index in [0.29, 0.717) is 11.5 Å². The number of carbonyl (C=O) groups excluding carboxylic acids is 1. The molecule has 0 aliphatic heterocycles. The van der Waals surface area contributed by atoms with Crippen molar-refractivity contribution >= 4 is 21.9 Å². The van der Waals surface area contributed by atoms with E-state index in [1.807, 2.05) is 12.1 Å². The number of hydrogen-bond donors (Lipinski definition) is 0. The standard InChI is InChI=1S/C13H10BrNO3/c1-17-13(16)12-11(3-2-8-15-12)18-10-6-4-9(14)5-7-10/h2-8H,1H3. The first-order valence-electron chi connectivity index (χ1n) is 5.17. The maximum absolute atomic E-state index is 11.5. The number of aromatic nitrogens is 1. The molecule has 0 fully saturated rings. The molecule has 18 heavy (non-hydrogen) atoms. The van der Waals surface area contributed by atoms with E-state index in [4.69, 9.17) is 4.74 Å². The number of carbonyl (C=O) groups is 1. The summed E-state index contributed by atoms with van der Waals surface area (Å²) in [6, 6.07) is 10.6. The fourth-order valence-corrected chi connectivity index (χ4v) is 1.62. The first kappa shape index (κ1) is 12.6. The van der Waals surface area contributed by atoms with Gasteiger partial charge in [0.05, 0.1) is 7.11 Å². The molecule has 92 valence electrons. The van der Waals surface area contributed by atoms with Crippen LogP contribution < -0.4 is 4.74 Å². The Kier molecular flexibility index (Phi) is 3.94. The van der Waals surface area contributed by atoms with Crippen molar-refractivity contribution in [3.63, 3.8) is 0 Å². The largest absolute Gasteiger partial charge is 0.464 e. The van der Waals surface area contributed by atoms with E-state index in [1.165, 1.54) is 13.3 Å². The highest BCUT2D eigenvalue weighted by Gasteiger charge is 2.14. The lowest BCUT2D eigenvalue weighted by molar-refractivity contribution is 0.0591. The van der Waals surface area contributed by atoms with E-state index in [-0.39, 0.29) is 5.69 Å². The van der Waals surface area contributed by atoms with E-state index < -0.39 is 5.97 Å². The fraction of sp³-hybridized carbons (Fsp3) is 0.0769. The number of halogens is 1. The summed E-state index contributed by atoms with van der Waals surface area (Å²) in [4.78, 5) is 15.5. The molecule has 1 heterocycles. The molecule has 0 atom stereocenters. The van der Waals surface area contributed by atoms with Crippen molar-refractivity contribution in [1.29, 1.82) is 0 Å². The lowest BCUT2D eigenvalue weighted by Crippen LogP contribution is -2.06. The maximum atomic E-state index is 11.5. The molecule has 0 saturated carbocycles. The summed E-state index contributed by atoms with van der Waals surface area (Å²) in [6.07, 6.45) is 1.51. The highest BCUT2D eigenvalue weighted by atomic mass is 79.9. The van der Waals surface area contributed by atoms with Crippen LogP contribution in [0.15, 0.2) is 47.1 Å². The molecule has 2 aromatic rings. The number of hydrogen-bond acceptors (Lipinski definition) is 4. The molecule has 0 unspecified atom stereocenters.